The fraction of sp³-hybridized carbons (Fsp3) is 0.357. The van der Waals surface area contributed by atoms with E-state index in [9.17, 15) is 4.79 Å². The van der Waals surface area contributed by atoms with Crippen molar-refractivity contribution < 1.29 is 9.53 Å². The monoisotopic (exact) mass is 248 g/mol. The van der Waals surface area contributed by atoms with Crippen LogP contribution < -0.4 is 15.8 Å². The second-order valence-corrected chi connectivity index (χ2v) is 3.93. The van der Waals surface area contributed by atoms with Gasteiger partial charge in [0.1, 0.15) is 5.75 Å². The van der Waals surface area contributed by atoms with Gasteiger partial charge in [-0.05, 0) is 12.5 Å². The minimum Gasteiger partial charge on any atom is -0.483 e. The molecule has 0 aliphatic carbocycles. The Bertz CT molecular complexity index is 405. The summed E-state index contributed by atoms with van der Waals surface area (Å²) in [6, 6.07) is 7.45. The van der Waals surface area contributed by atoms with Crippen molar-refractivity contribution in [3.8, 4) is 5.75 Å². The third-order valence-corrected chi connectivity index (χ3v) is 2.56. The first-order chi connectivity index (χ1) is 8.69. The number of carbonyl (C=O) groups excluding carboxylic acids is 1. The number of hydrogen-bond donors (Lipinski definition) is 2. The molecule has 0 saturated carbocycles. The molecule has 0 bridgehead atoms. The molecule has 0 aromatic heterocycles. The van der Waals surface area contributed by atoms with Crippen molar-refractivity contribution in [1.29, 1.82) is 0 Å². The van der Waals surface area contributed by atoms with E-state index in [0.717, 1.165) is 12.0 Å². The number of nitrogens with two attached hydrogens (primary N) is 1. The van der Waals surface area contributed by atoms with Crippen molar-refractivity contribution in [3.63, 3.8) is 0 Å². The lowest BCUT2D eigenvalue weighted by molar-refractivity contribution is -0.122. The molecule has 1 amide bonds. The van der Waals surface area contributed by atoms with Crippen LogP contribution in [0.2, 0.25) is 0 Å². The van der Waals surface area contributed by atoms with Gasteiger partial charge in [0, 0.05) is 18.2 Å². The third kappa shape index (κ3) is 4.22. The molecule has 0 spiro atoms. The van der Waals surface area contributed by atoms with E-state index in [0.29, 0.717) is 12.3 Å². The van der Waals surface area contributed by atoms with E-state index >= 15 is 0 Å². The van der Waals surface area contributed by atoms with Crippen LogP contribution in [-0.4, -0.2) is 19.1 Å². The van der Waals surface area contributed by atoms with Gasteiger partial charge in [0.05, 0.1) is 0 Å². The Labute approximate surface area is 108 Å². The molecule has 18 heavy (non-hydrogen) atoms. The Hall–Kier alpha value is -1.81. The molecule has 4 heteroatoms. The van der Waals surface area contributed by atoms with Crippen molar-refractivity contribution in [2.45, 2.75) is 19.4 Å². The number of nitrogens with one attached hydrogen (secondary N) is 1. The van der Waals surface area contributed by atoms with Gasteiger partial charge in [0.2, 0.25) is 0 Å². The van der Waals surface area contributed by atoms with Crippen molar-refractivity contribution in [1.82, 2.24) is 5.32 Å². The summed E-state index contributed by atoms with van der Waals surface area (Å²) in [5, 5.41) is 2.65. The highest BCUT2D eigenvalue weighted by Crippen LogP contribution is 2.25. The normalized spacial score (nSPS) is 11.7. The molecule has 0 saturated heterocycles. The Balaban J connectivity index is 2.61. The number of para-hydroxylation sites is 1. The largest absolute Gasteiger partial charge is 0.483 e. The molecule has 1 atom stereocenters. The summed E-state index contributed by atoms with van der Waals surface area (Å²) in [7, 11) is 0. The van der Waals surface area contributed by atoms with E-state index in [4.69, 9.17) is 10.5 Å². The first kappa shape index (κ1) is 14.3. The Morgan fingerprint density at radius 1 is 1.56 bits per heavy atom. The van der Waals surface area contributed by atoms with Gasteiger partial charge < -0.3 is 15.8 Å². The second-order valence-electron chi connectivity index (χ2n) is 3.93. The summed E-state index contributed by atoms with van der Waals surface area (Å²) in [5.74, 6) is 0.496. The maximum absolute atomic E-state index is 11.4. The number of benzene rings is 1. The fourth-order valence-corrected chi connectivity index (χ4v) is 1.52. The molecular formula is C14H20N2O2. The number of rotatable bonds is 7. The lowest BCUT2D eigenvalue weighted by atomic mass is 10.0. The molecule has 0 fully saturated rings. The van der Waals surface area contributed by atoms with Crippen LogP contribution in [0, 0.1) is 0 Å². The van der Waals surface area contributed by atoms with E-state index in [-0.39, 0.29) is 18.6 Å². The van der Waals surface area contributed by atoms with E-state index in [1.165, 1.54) is 0 Å². The second kappa shape index (κ2) is 7.50. The highest BCUT2D eigenvalue weighted by atomic mass is 16.5. The molecule has 1 aromatic carbocycles. The summed E-state index contributed by atoms with van der Waals surface area (Å²) in [6.45, 7) is 5.97. The van der Waals surface area contributed by atoms with Gasteiger partial charge in [-0.25, -0.2) is 0 Å². The molecule has 0 aliphatic heterocycles. The van der Waals surface area contributed by atoms with Crippen LogP contribution >= 0.6 is 0 Å². The molecule has 98 valence electrons. The highest BCUT2D eigenvalue weighted by molar-refractivity contribution is 5.77. The van der Waals surface area contributed by atoms with E-state index in [2.05, 4.69) is 11.9 Å². The smallest absolute Gasteiger partial charge is 0.258 e. The van der Waals surface area contributed by atoms with Gasteiger partial charge >= 0.3 is 0 Å². The first-order valence-corrected chi connectivity index (χ1v) is 6.04. The van der Waals surface area contributed by atoms with Crippen molar-refractivity contribution >= 4 is 5.91 Å². The summed E-state index contributed by atoms with van der Waals surface area (Å²) in [6.07, 6.45) is 2.45. The molecule has 3 N–H and O–H groups in total. The van der Waals surface area contributed by atoms with Crippen molar-refractivity contribution in [3.05, 3.63) is 42.5 Å². The van der Waals surface area contributed by atoms with E-state index in [1.807, 2.05) is 31.2 Å². The van der Waals surface area contributed by atoms with Gasteiger partial charge in [-0.2, -0.15) is 0 Å². The standard InChI is InChI=1S/C14H20N2O2/c1-3-9-16-14(17)10-18-13-8-6-5-7-11(13)12(15)4-2/h3,5-8,12H,1,4,9-10,15H2,2H3,(H,16,17)/t12-/m0/s1. The topological polar surface area (TPSA) is 64.3 Å². The summed E-state index contributed by atoms with van der Waals surface area (Å²) >= 11 is 0. The zero-order chi connectivity index (χ0) is 13.4. The lowest BCUT2D eigenvalue weighted by Crippen LogP contribution is -2.29. The minimum atomic E-state index is -0.172. The number of carbonyl (C=O) groups is 1. The van der Waals surface area contributed by atoms with Gasteiger partial charge in [0.15, 0.2) is 6.61 Å². The lowest BCUT2D eigenvalue weighted by Gasteiger charge is -2.15. The Morgan fingerprint density at radius 2 is 2.28 bits per heavy atom. The molecule has 0 aliphatic rings. The van der Waals surface area contributed by atoms with Crippen LogP contribution in [0.5, 0.6) is 5.75 Å². The van der Waals surface area contributed by atoms with Crippen LogP contribution in [0.3, 0.4) is 0 Å². The number of ether oxygens (including phenoxy) is 1. The van der Waals surface area contributed by atoms with Gasteiger partial charge in [-0.1, -0.05) is 31.2 Å². The van der Waals surface area contributed by atoms with Crippen LogP contribution in [0.25, 0.3) is 0 Å². The van der Waals surface area contributed by atoms with Crippen molar-refractivity contribution in [2.24, 2.45) is 5.73 Å². The third-order valence-electron chi connectivity index (χ3n) is 2.56. The highest BCUT2D eigenvalue weighted by Gasteiger charge is 2.10. The summed E-state index contributed by atoms with van der Waals surface area (Å²) in [5.41, 5.74) is 6.92. The molecule has 1 aromatic rings. The summed E-state index contributed by atoms with van der Waals surface area (Å²) in [4.78, 5) is 11.4. The average Bonchev–Trinajstić information content (AvgIpc) is 2.42. The van der Waals surface area contributed by atoms with Crippen molar-refractivity contribution in [2.75, 3.05) is 13.2 Å². The zero-order valence-electron chi connectivity index (χ0n) is 10.7. The summed E-state index contributed by atoms with van der Waals surface area (Å²) < 4.78 is 5.49. The van der Waals surface area contributed by atoms with Crippen LogP contribution in [-0.2, 0) is 4.79 Å². The number of hydrogen-bond acceptors (Lipinski definition) is 3. The van der Waals surface area contributed by atoms with E-state index in [1.54, 1.807) is 6.08 Å². The van der Waals surface area contributed by atoms with Crippen LogP contribution in [0.4, 0.5) is 0 Å². The molecule has 4 nitrogen and oxygen atoms in total. The quantitative estimate of drug-likeness (QED) is 0.723. The minimum absolute atomic E-state index is 0.0126. The SMILES string of the molecule is C=CCNC(=O)COc1ccccc1[C@@H](N)CC. The molecule has 0 radical (unpaired) electrons. The van der Waals surface area contributed by atoms with Gasteiger partial charge in [0.25, 0.3) is 5.91 Å². The van der Waals surface area contributed by atoms with E-state index < -0.39 is 0 Å². The van der Waals surface area contributed by atoms with Crippen LogP contribution in [0.1, 0.15) is 24.9 Å². The molecule has 1 rings (SSSR count). The van der Waals surface area contributed by atoms with Gasteiger partial charge in [-0.3, -0.25) is 4.79 Å². The maximum Gasteiger partial charge on any atom is 0.258 e. The molecular weight excluding hydrogens is 228 g/mol. The fourth-order valence-electron chi connectivity index (χ4n) is 1.52. The maximum atomic E-state index is 11.4. The molecule has 0 heterocycles. The first-order valence-electron chi connectivity index (χ1n) is 6.04. The number of amides is 1. The predicted octanol–water partition coefficient (Wildman–Crippen LogP) is 1.78. The zero-order valence-corrected chi connectivity index (χ0v) is 10.7. The molecule has 0 unspecified atom stereocenters. The van der Waals surface area contributed by atoms with Gasteiger partial charge in [-0.15, -0.1) is 6.58 Å². The average molecular weight is 248 g/mol. The Kier molecular flexibility index (Phi) is 5.94. The van der Waals surface area contributed by atoms with Crippen LogP contribution in [0.15, 0.2) is 36.9 Å². The predicted molar refractivity (Wildman–Crippen MR) is 72.4 cm³/mol. The Morgan fingerprint density at radius 3 is 2.94 bits per heavy atom.